The lowest BCUT2D eigenvalue weighted by molar-refractivity contribution is -0.140. The lowest BCUT2D eigenvalue weighted by atomic mass is 9.95. The molecule has 2 amide bonds. The van der Waals surface area contributed by atoms with Crippen molar-refractivity contribution < 1.29 is 23.8 Å². The summed E-state index contributed by atoms with van der Waals surface area (Å²) in [4.78, 5) is 25.2. The van der Waals surface area contributed by atoms with Gasteiger partial charge in [-0.15, -0.1) is 0 Å². The maximum Gasteiger partial charge on any atom is 0.338 e. The Hall–Kier alpha value is -3.19. The molecule has 3 rings (SSSR count). The summed E-state index contributed by atoms with van der Waals surface area (Å²) in [5.41, 5.74) is 2.14. The van der Waals surface area contributed by atoms with Crippen LogP contribution >= 0.6 is 11.6 Å². The number of carbonyl (C=O) groups excluding carboxylic acids is 2. The van der Waals surface area contributed by atoms with Crippen molar-refractivity contribution in [3.8, 4) is 11.5 Å². The van der Waals surface area contributed by atoms with Gasteiger partial charge in [0.15, 0.2) is 11.5 Å². The Kier molecular flexibility index (Phi) is 7.64. The zero-order valence-corrected chi connectivity index (χ0v) is 19.3. The Morgan fingerprint density at radius 1 is 1.19 bits per heavy atom. The molecule has 0 radical (unpaired) electrons. The first-order chi connectivity index (χ1) is 15.3. The second-order valence-electron chi connectivity index (χ2n) is 7.56. The minimum Gasteiger partial charge on any atom is -0.490 e. The quantitative estimate of drug-likeness (QED) is 0.549. The molecule has 7 nitrogen and oxygen atoms in total. The number of hydrogen-bond acceptors (Lipinski definition) is 5. The molecule has 2 N–H and O–H groups in total. The first-order valence-electron chi connectivity index (χ1n) is 10.4. The molecule has 1 aliphatic rings. The lowest BCUT2D eigenvalue weighted by Gasteiger charge is -2.29. The largest absolute Gasteiger partial charge is 0.490 e. The smallest absolute Gasteiger partial charge is 0.338 e. The van der Waals surface area contributed by atoms with Gasteiger partial charge in [-0.1, -0.05) is 41.9 Å². The summed E-state index contributed by atoms with van der Waals surface area (Å²) in [6.45, 7) is 7.80. The molecule has 32 heavy (non-hydrogen) atoms. The summed E-state index contributed by atoms with van der Waals surface area (Å²) < 4.78 is 17.1. The number of amides is 2. The molecule has 0 aromatic heterocycles. The van der Waals surface area contributed by atoms with E-state index in [1.807, 2.05) is 51.1 Å². The van der Waals surface area contributed by atoms with Crippen LogP contribution in [0.4, 0.5) is 4.79 Å². The number of hydrogen-bond donors (Lipinski definition) is 2. The van der Waals surface area contributed by atoms with Gasteiger partial charge >= 0.3 is 12.0 Å². The van der Waals surface area contributed by atoms with Gasteiger partial charge < -0.3 is 24.8 Å². The monoisotopic (exact) mass is 458 g/mol. The van der Waals surface area contributed by atoms with Crippen LogP contribution < -0.4 is 20.1 Å². The number of ether oxygens (including phenoxy) is 3. The number of benzene rings is 2. The number of esters is 1. The molecule has 1 unspecified atom stereocenters. The Morgan fingerprint density at radius 2 is 1.91 bits per heavy atom. The summed E-state index contributed by atoms with van der Waals surface area (Å²) in [6, 6.07) is 11.6. The van der Waals surface area contributed by atoms with E-state index in [2.05, 4.69) is 10.6 Å². The van der Waals surface area contributed by atoms with Crippen molar-refractivity contribution in [3.05, 3.63) is 69.9 Å². The van der Waals surface area contributed by atoms with E-state index in [0.29, 0.717) is 34.4 Å². The highest BCUT2D eigenvalue weighted by atomic mass is 35.5. The molecule has 0 saturated heterocycles. The van der Waals surface area contributed by atoms with Crippen molar-refractivity contribution in [3.63, 3.8) is 0 Å². The average molecular weight is 459 g/mol. The summed E-state index contributed by atoms with van der Waals surface area (Å²) in [7, 11) is 0. The van der Waals surface area contributed by atoms with E-state index >= 15 is 0 Å². The van der Waals surface area contributed by atoms with Gasteiger partial charge in [-0.05, 0) is 51.0 Å². The van der Waals surface area contributed by atoms with Crippen molar-refractivity contribution in [2.45, 2.75) is 46.4 Å². The van der Waals surface area contributed by atoms with Crippen molar-refractivity contribution in [1.29, 1.82) is 0 Å². The second-order valence-corrected chi connectivity index (χ2v) is 7.97. The summed E-state index contributed by atoms with van der Waals surface area (Å²) in [5, 5.41) is 5.75. The van der Waals surface area contributed by atoms with Crippen LogP contribution in [0.5, 0.6) is 11.5 Å². The van der Waals surface area contributed by atoms with Gasteiger partial charge in [-0.2, -0.15) is 0 Å². The number of rotatable bonds is 8. The highest BCUT2D eigenvalue weighted by Gasteiger charge is 2.33. The van der Waals surface area contributed by atoms with Gasteiger partial charge in [0.25, 0.3) is 0 Å². The molecule has 0 aliphatic carbocycles. The fourth-order valence-corrected chi connectivity index (χ4v) is 3.65. The molecular formula is C24H27ClN2O5. The van der Waals surface area contributed by atoms with Crippen molar-refractivity contribution in [1.82, 2.24) is 10.6 Å². The van der Waals surface area contributed by atoms with Gasteiger partial charge in [0.2, 0.25) is 0 Å². The van der Waals surface area contributed by atoms with Crippen LogP contribution in [0.3, 0.4) is 0 Å². The third kappa shape index (κ3) is 5.53. The highest BCUT2D eigenvalue weighted by molar-refractivity contribution is 6.32. The Bertz CT molecular complexity index is 1020. The van der Waals surface area contributed by atoms with E-state index in [1.54, 1.807) is 19.1 Å². The minimum atomic E-state index is -0.767. The van der Waals surface area contributed by atoms with Crippen LogP contribution in [0, 0.1) is 0 Å². The van der Waals surface area contributed by atoms with Crippen molar-refractivity contribution in [2.24, 2.45) is 0 Å². The average Bonchev–Trinajstić information content (AvgIpc) is 2.74. The molecule has 0 saturated carbocycles. The summed E-state index contributed by atoms with van der Waals surface area (Å²) >= 11 is 6.51. The minimum absolute atomic E-state index is 0.109. The Morgan fingerprint density at radius 3 is 2.56 bits per heavy atom. The Balaban J connectivity index is 1.95. The number of nitrogens with one attached hydrogen (secondary N) is 2. The van der Waals surface area contributed by atoms with E-state index in [4.69, 9.17) is 25.8 Å². The first-order valence-corrected chi connectivity index (χ1v) is 10.8. The normalized spacial score (nSPS) is 15.8. The van der Waals surface area contributed by atoms with Gasteiger partial charge in [-0.25, -0.2) is 9.59 Å². The lowest BCUT2D eigenvalue weighted by Crippen LogP contribution is -2.45. The third-order valence-electron chi connectivity index (χ3n) is 4.72. The topological polar surface area (TPSA) is 85.9 Å². The fourth-order valence-electron chi connectivity index (χ4n) is 3.38. The molecule has 2 aromatic carbocycles. The summed E-state index contributed by atoms with van der Waals surface area (Å²) in [5.74, 6) is 0.313. The molecule has 1 aliphatic heterocycles. The van der Waals surface area contributed by atoms with E-state index in [0.717, 1.165) is 5.56 Å². The van der Waals surface area contributed by atoms with Crippen LogP contribution in [0.15, 0.2) is 53.7 Å². The molecule has 8 heteroatoms. The van der Waals surface area contributed by atoms with Crippen LogP contribution in [-0.2, 0) is 16.1 Å². The zero-order chi connectivity index (χ0) is 23.3. The van der Waals surface area contributed by atoms with E-state index in [-0.39, 0.29) is 18.3 Å². The second kappa shape index (κ2) is 10.4. The molecule has 0 spiro atoms. The number of halogens is 1. The van der Waals surface area contributed by atoms with Crippen molar-refractivity contribution in [2.75, 3.05) is 6.61 Å². The number of carbonyl (C=O) groups is 2. The standard InChI is InChI=1S/C24H27ClN2O5/c1-5-30-19-12-17(11-18(25)22(19)32-14(2)3)21-20(15(4)26-24(29)27-21)23(28)31-13-16-9-7-6-8-10-16/h6-12,14,21H,5,13H2,1-4H3,(H2,26,27,29). The number of allylic oxidation sites excluding steroid dienone is 1. The molecule has 1 atom stereocenters. The molecule has 0 fully saturated rings. The van der Waals surface area contributed by atoms with Gasteiger partial charge in [0, 0.05) is 5.70 Å². The van der Waals surface area contributed by atoms with Crippen LogP contribution in [0.25, 0.3) is 0 Å². The maximum absolute atomic E-state index is 13.0. The van der Waals surface area contributed by atoms with Gasteiger partial charge in [0.1, 0.15) is 6.61 Å². The predicted octanol–water partition coefficient (Wildman–Crippen LogP) is 4.90. The fraction of sp³-hybridized carbons (Fsp3) is 0.333. The van der Waals surface area contributed by atoms with E-state index in [9.17, 15) is 9.59 Å². The van der Waals surface area contributed by atoms with Crippen LogP contribution in [-0.4, -0.2) is 24.7 Å². The van der Waals surface area contributed by atoms with Gasteiger partial charge in [0.05, 0.1) is 29.3 Å². The van der Waals surface area contributed by atoms with E-state index < -0.39 is 18.0 Å². The summed E-state index contributed by atoms with van der Waals surface area (Å²) in [6.07, 6.45) is -0.109. The first kappa shape index (κ1) is 23.5. The molecule has 0 bridgehead atoms. The third-order valence-corrected chi connectivity index (χ3v) is 5.00. The van der Waals surface area contributed by atoms with Crippen LogP contribution in [0.1, 0.15) is 44.9 Å². The molecule has 1 heterocycles. The highest BCUT2D eigenvalue weighted by Crippen LogP contribution is 2.41. The zero-order valence-electron chi connectivity index (χ0n) is 18.5. The molecule has 2 aromatic rings. The SMILES string of the molecule is CCOc1cc(C2NC(=O)NC(C)=C2C(=O)OCc2ccccc2)cc(Cl)c1OC(C)C. The van der Waals surface area contributed by atoms with E-state index in [1.165, 1.54) is 0 Å². The molecular weight excluding hydrogens is 432 g/mol. The van der Waals surface area contributed by atoms with Gasteiger partial charge in [-0.3, -0.25) is 0 Å². The predicted molar refractivity (Wildman–Crippen MR) is 122 cm³/mol. The molecule has 170 valence electrons. The van der Waals surface area contributed by atoms with Crippen molar-refractivity contribution >= 4 is 23.6 Å². The maximum atomic E-state index is 13.0. The Labute approximate surface area is 192 Å². The van der Waals surface area contributed by atoms with Crippen LogP contribution in [0.2, 0.25) is 5.02 Å². The number of urea groups is 1.